The first-order valence-corrected chi connectivity index (χ1v) is 9.21. The highest BCUT2D eigenvalue weighted by Gasteiger charge is 2.16. The van der Waals surface area contributed by atoms with E-state index in [-0.39, 0.29) is 11.7 Å². The van der Waals surface area contributed by atoms with Crippen LogP contribution in [0.25, 0.3) is 0 Å². The van der Waals surface area contributed by atoms with Gasteiger partial charge in [-0.15, -0.1) is 0 Å². The first-order valence-electron chi connectivity index (χ1n) is 7.60. The Hall–Kier alpha value is -2.38. The Balaban J connectivity index is 1.85. The number of anilines is 1. The van der Waals surface area contributed by atoms with Crippen molar-refractivity contribution in [3.63, 3.8) is 0 Å². The fourth-order valence-electron chi connectivity index (χ4n) is 2.22. The van der Waals surface area contributed by atoms with E-state index in [1.165, 1.54) is 37.1 Å². The highest BCUT2D eigenvalue weighted by molar-refractivity contribution is 9.10. The van der Waals surface area contributed by atoms with Crippen LogP contribution >= 0.6 is 27.7 Å². The molecule has 0 unspecified atom stereocenters. The van der Waals surface area contributed by atoms with Crippen molar-refractivity contribution in [1.29, 1.82) is 0 Å². The van der Waals surface area contributed by atoms with Gasteiger partial charge in [0.15, 0.2) is 0 Å². The molecule has 2 aromatic carbocycles. The van der Waals surface area contributed by atoms with Crippen LogP contribution in [0.15, 0.2) is 75.2 Å². The maximum atomic E-state index is 13.3. The van der Waals surface area contributed by atoms with Crippen molar-refractivity contribution < 1.29 is 13.9 Å². The fraction of sp³-hybridized carbons (Fsp3) is 0.0526. The lowest BCUT2D eigenvalue weighted by Crippen LogP contribution is -2.14. The van der Waals surface area contributed by atoms with Crippen LogP contribution in [0.3, 0.4) is 0 Å². The number of pyridine rings is 1. The van der Waals surface area contributed by atoms with Crippen molar-refractivity contribution in [3.8, 4) is 5.75 Å². The zero-order chi connectivity index (χ0) is 18.5. The maximum absolute atomic E-state index is 13.3. The highest BCUT2D eigenvalue weighted by atomic mass is 79.9. The number of carbonyl (C=O) groups excluding carboxylic acids is 1. The minimum Gasteiger partial charge on any atom is -0.494 e. The van der Waals surface area contributed by atoms with Gasteiger partial charge < -0.3 is 10.1 Å². The summed E-state index contributed by atoms with van der Waals surface area (Å²) < 4.78 is 19.4. The van der Waals surface area contributed by atoms with Crippen LogP contribution in [0, 0.1) is 5.82 Å². The smallest absolute Gasteiger partial charge is 0.258 e. The number of methoxy groups -OCH3 is 1. The van der Waals surface area contributed by atoms with E-state index in [0.717, 1.165) is 9.37 Å². The number of aromatic nitrogens is 1. The van der Waals surface area contributed by atoms with Gasteiger partial charge in [0, 0.05) is 21.6 Å². The predicted octanol–water partition coefficient (Wildman–Crippen LogP) is 5.40. The Labute approximate surface area is 162 Å². The van der Waals surface area contributed by atoms with E-state index in [4.69, 9.17) is 4.74 Å². The van der Waals surface area contributed by atoms with Crippen LogP contribution in [0.4, 0.5) is 10.1 Å². The molecule has 3 aromatic rings. The maximum Gasteiger partial charge on any atom is 0.258 e. The second-order valence-corrected chi connectivity index (χ2v) is 7.19. The molecule has 0 atom stereocenters. The molecule has 4 nitrogen and oxygen atoms in total. The minimum absolute atomic E-state index is 0.254. The van der Waals surface area contributed by atoms with Crippen LogP contribution < -0.4 is 10.1 Å². The number of halogens is 2. The molecule has 0 aliphatic heterocycles. The zero-order valence-corrected chi connectivity index (χ0v) is 16.1. The molecule has 0 saturated heterocycles. The van der Waals surface area contributed by atoms with Crippen molar-refractivity contribution in [3.05, 3.63) is 76.6 Å². The number of hydrogen-bond acceptors (Lipinski definition) is 4. The highest BCUT2D eigenvalue weighted by Crippen LogP contribution is 2.31. The number of carbonyl (C=O) groups is 1. The van der Waals surface area contributed by atoms with Crippen LogP contribution in [0.5, 0.6) is 5.75 Å². The Kier molecular flexibility index (Phi) is 5.90. The number of nitrogens with one attached hydrogen (secondary N) is 1. The molecular formula is C19H14BrFN2O2S. The van der Waals surface area contributed by atoms with Crippen molar-refractivity contribution in [1.82, 2.24) is 4.98 Å². The quantitative estimate of drug-likeness (QED) is 0.586. The molecule has 0 saturated carbocycles. The molecule has 26 heavy (non-hydrogen) atoms. The third-order valence-corrected chi connectivity index (χ3v) is 5.01. The van der Waals surface area contributed by atoms with Crippen molar-refractivity contribution in [2.75, 3.05) is 12.4 Å². The molecule has 0 radical (unpaired) electrons. The van der Waals surface area contributed by atoms with E-state index in [1.54, 1.807) is 18.3 Å². The topological polar surface area (TPSA) is 51.2 Å². The second-order valence-electron chi connectivity index (χ2n) is 5.21. The molecule has 0 spiro atoms. The summed E-state index contributed by atoms with van der Waals surface area (Å²) in [6, 6.07) is 15.1. The molecule has 0 bridgehead atoms. The number of amides is 1. The molecule has 0 aliphatic rings. The van der Waals surface area contributed by atoms with E-state index >= 15 is 0 Å². The second kappa shape index (κ2) is 8.33. The van der Waals surface area contributed by atoms with E-state index < -0.39 is 5.82 Å². The van der Waals surface area contributed by atoms with Crippen LogP contribution in [-0.4, -0.2) is 18.0 Å². The van der Waals surface area contributed by atoms with Gasteiger partial charge in [0.1, 0.15) is 16.6 Å². The number of ether oxygens (including phenoxy) is 1. The monoisotopic (exact) mass is 432 g/mol. The van der Waals surface area contributed by atoms with Gasteiger partial charge in [-0.05, 0) is 48.5 Å². The van der Waals surface area contributed by atoms with Gasteiger partial charge in [0.2, 0.25) is 0 Å². The summed E-state index contributed by atoms with van der Waals surface area (Å²) in [4.78, 5) is 18.0. The molecule has 132 valence electrons. The molecule has 1 N–H and O–H groups in total. The number of benzene rings is 2. The molecule has 1 aromatic heterocycles. The summed E-state index contributed by atoms with van der Waals surface area (Å²) in [6.07, 6.45) is 1.64. The number of nitrogens with zero attached hydrogens (tertiary/aromatic N) is 1. The first-order chi connectivity index (χ1) is 12.6. The van der Waals surface area contributed by atoms with Crippen LogP contribution in [0.2, 0.25) is 0 Å². The summed E-state index contributed by atoms with van der Waals surface area (Å²) in [6.45, 7) is 0. The largest absolute Gasteiger partial charge is 0.494 e. The van der Waals surface area contributed by atoms with E-state index in [1.807, 2.05) is 24.3 Å². The van der Waals surface area contributed by atoms with Gasteiger partial charge in [0.05, 0.1) is 18.4 Å². The lowest BCUT2D eigenvalue weighted by atomic mass is 10.2. The lowest BCUT2D eigenvalue weighted by molar-refractivity contribution is 0.102. The van der Waals surface area contributed by atoms with Gasteiger partial charge in [-0.1, -0.05) is 27.7 Å². The minimum atomic E-state index is -0.437. The molecule has 1 heterocycles. The molecule has 7 heteroatoms. The molecule has 0 aliphatic carbocycles. The SMILES string of the molecule is COc1cc(F)ccc1NC(=O)c1cccnc1Sc1ccc(Br)cc1. The van der Waals surface area contributed by atoms with Gasteiger partial charge in [-0.3, -0.25) is 4.79 Å². The standard InChI is InChI=1S/C19H14BrFN2O2S/c1-25-17-11-13(21)6-9-16(17)23-18(24)15-3-2-10-22-19(15)26-14-7-4-12(20)5-8-14/h2-11H,1H3,(H,23,24). The summed E-state index contributed by atoms with van der Waals surface area (Å²) in [5.74, 6) is -0.528. The van der Waals surface area contributed by atoms with Crippen molar-refractivity contribution in [2.24, 2.45) is 0 Å². The predicted molar refractivity (Wildman–Crippen MR) is 103 cm³/mol. The molecule has 0 fully saturated rings. The van der Waals surface area contributed by atoms with E-state index in [9.17, 15) is 9.18 Å². The molecule has 1 amide bonds. The van der Waals surface area contributed by atoms with Crippen molar-refractivity contribution >= 4 is 39.3 Å². The Morgan fingerprint density at radius 2 is 1.96 bits per heavy atom. The summed E-state index contributed by atoms with van der Waals surface area (Å²) in [5, 5.41) is 3.33. The number of hydrogen-bond donors (Lipinski definition) is 1. The summed E-state index contributed by atoms with van der Waals surface area (Å²) in [7, 11) is 1.42. The third-order valence-electron chi connectivity index (χ3n) is 3.46. The Bertz CT molecular complexity index is 935. The fourth-order valence-corrected chi connectivity index (χ4v) is 3.36. The molecule has 3 rings (SSSR count). The third kappa shape index (κ3) is 4.42. The number of rotatable bonds is 5. The van der Waals surface area contributed by atoms with Gasteiger partial charge in [0.25, 0.3) is 5.91 Å². The van der Waals surface area contributed by atoms with Crippen LogP contribution in [0.1, 0.15) is 10.4 Å². The first kappa shape index (κ1) is 18.4. The molecular weight excluding hydrogens is 419 g/mol. The van der Waals surface area contributed by atoms with Gasteiger partial charge >= 0.3 is 0 Å². The van der Waals surface area contributed by atoms with Crippen LogP contribution in [-0.2, 0) is 0 Å². The van der Waals surface area contributed by atoms with Crippen molar-refractivity contribution in [2.45, 2.75) is 9.92 Å². The van der Waals surface area contributed by atoms with Gasteiger partial charge in [-0.25, -0.2) is 9.37 Å². The lowest BCUT2D eigenvalue weighted by Gasteiger charge is -2.12. The summed E-state index contributed by atoms with van der Waals surface area (Å²) in [5.41, 5.74) is 0.814. The van der Waals surface area contributed by atoms with E-state index in [0.29, 0.717) is 16.3 Å². The normalized spacial score (nSPS) is 10.4. The van der Waals surface area contributed by atoms with E-state index in [2.05, 4.69) is 26.2 Å². The Morgan fingerprint density at radius 1 is 1.19 bits per heavy atom. The average molecular weight is 433 g/mol. The van der Waals surface area contributed by atoms with Gasteiger partial charge in [-0.2, -0.15) is 0 Å². The summed E-state index contributed by atoms with van der Waals surface area (Å²) >= 11 is 4.79. The zero-order valence-electron chi connectivity index (χ0n) is 13.7. The average Bonchev–Trinajstić information content (AvgIpc) is 2.65. The Morgan fingerprint density at radius 3 is 2.69 bits per heavy atom.